The van der Waals surface area contributed by atoms with Crippen LogP contribution >= 0.6 is 0 Å². The predicted octanol–water partition coefficient (Wildman–Crippen LogP) is 2.20. The van der Waals surface area contributed by atoms with E-state index in [4.69, 9.17) is 0 Å². The Kier molecular flexibility index (Phi) is 16.6. The Morgan fingerprint density at radius 3 is 1.33 bits per heavy atom. The molecule has 0 radical (unpaired) electrons. The molecule has 0 aromatic carbocycles. The van der Waals surface area contributed by atoms with E-state index >= 15 is 0 Å². The molecule has 0 aliphatic carbocycles. The second kappa shape index (κ2) is 9.61. The van der Waals surface area contributed by atoms with Crippen LogP contribution in [0.3, 0.4) is 0 Å². The first kappa shape index (κ1) is 10.4. The average Bonchev–Trinajstić information content (AvgIpc) is 1.41. The van der Waals surface area contributed by atoms with Crippen molar-refractivity contribution >= 4 is 0 Å². The van der Waals surface area contributed by atoms with Crippen LogP contribution < -0.4 is 0 Å². The minimum absolute atomic E-state index is 0. The van der Waals surface area contributed by atoms with Crippen molar-refractivity contribution in [3.05, 3.63) is 0 Å². The van der Waals surface area contributed by atoms with Gasteiger partial charge in [0.25, 0.3) is 0 Å². The van der Waals surface area contributed by atoms with Crippen LogP contribution in [0.4, 0.5) is 0 Å². The van der Waals surface area contributed by atoms with Crippen LogP contribution in [0.15, 0.2) is 0 Å². The molecule has 0 spiro atoms. The van der Waals surface area contributed by atoms with Crippen molar-refractivity contribution in [3.8, 4) is 0 Å². The van der Waals surface area contributed by atoms with Crippen LogP contribution in [0.2, 0.25) is 0 Å². The van der Waals surface area contributed by atoms with Crippen LogP contribution in [-0.2, 0) is 0 Å². The quantitative estimate of drug-likeness (QED) is 0.664. The zero-order valence-electron chi connectivity index (χ0n) is 4.62. The molecule has 1 heteroatoms. The fourth-order valence-corrected chi connectivity index (χ4v) is 0.354. The Morgan fingerprint density at radius 2 is 1.33 bits per heavy atom. The monoisotopic (exact) mass is 214 g/mol. The first-order valence-corrected chi connectivity index (χ1v) is 2.41. The molecule has 0 nitrogen and oxygen atoms in total. The van der Waals surface area contributed by atoms with Gasteiger partial charge in [0.1, 0.15) is 0 Å². The van der Waals surface area contributed by atoms with E-state index in [0.29, 0.717) is 0 Å². The molecule has 0 amide bonds. The zero-order valence-corrected chi connectivity index (χ0v) is 7.83. The van der Waals surface area contributed by atoms with Crippen LogP contribution in [0.5, 0.6) is 0 Å². The largest absolute Gasteiger partial charge is 0.0654 e. The van der Waals surface area contributed by atoms with E-state index in [0.717, 1.165) is 0 Å². The molecule has 0 aromatic heterocycles. The summed E-state index contributed by atoms with van der Waals surface area (Å²) in [4.78, 5) is 0. The number of hydrogen-bond acceptors (Lipinski definition) is 0. The van der Waals surface area contributed by atoms with Crippen molar-refractivity contribution in [2.75, 3.05) is 0 Å². The van der Waals surface area contributed by atoms with Gasteiger partial charge in [-0.15, -0.1) is 0 Å². The van der Waals surface area contributed by atoms with Gasteiger partial charge in [-0.05, 0) is 0 Å². The van der Waals surface area contributed by atoms with E-state index in [2.05, 4.69) is 13.8 Å². The molecule has 0 aromatic rings. The Bertz CT molecular complexity index is 11.4. The first-order valence-electron chi connectivity index (χ1n) is 2.41. The molecule has 0 unspecified atom stereocenters. The second-order valence-corrected chi connectivity index (χ2v) is 1.35. The van der Waals surface area contributed by atoms with Gasteiger partial charge < -0.3 is 0 Å². The topological polar surface area (TPSA) is 0 Å². The molecule has 36 valence electrons. The molecule has 0 N–H and O–H groups in total. The van der Waals surface area contributed by atoms with E-state index < -0.39 is 0 Å². The van der Waals surface area contributed by atoms with Crippen LogP contribution in [0, 0.1) is 40.8 Å². The number of rotatable bonds is 2. The van der Waals surface area contributed by atoms with Crippen LogP contribution in [0.25, 0.3) is 0 Å². The normalized spacial score (nSPS) is 7.00. The fourth-order valence-electron chi connectivity index (χ4n) is 0.354. The summed E-state index contributed by atoms with van der Waals surface area (Å²) in [5.41, 5.74) is 0. The van der Waals surface area contributed by atoms with Crippen molar-refractivity contribution in [2.24, 2.45) is 0 Å². The standard InChI is InChI=1S/C5H12.Nd/c1-3-5-4-2;/h3-5H2,1-2H3;. The molecule has 0 saturated carbocycles. The fraction of sp³-hybridized carbons (Fsp3) is 1.00. The van der Waals surface area contributed by atoms with E-state index in [1.54, 1.807) is 0 Å². The maximum absolute atomic E-state index is 2.21. The van der Waals surface area contributed by atoms with Gasteiger partial charge in [0.2, 0.25) is 0 Å². The molecule has 6 heavy (non-hydrogen) atoms. The predicted molar refractivity (Wildman–Crippen MR) is 25.2 cm³/mol. The maximum atomic E-state index is 2.21. The van der Waals surface area contributed by atoms with Crippen LogP contribution in [-0.4, -0.2) is 0 Å². The summed E-state index contributed by atoms with van der Waals surface area (Å²) >= 11 is 0. The summed E-state index contributed by atoms with van der Waals surface area (Å²) in [6, 6.07) is 0. The van der Waals surface area contributed by atoms with Gasteiger partial charge in [-0.3, -0.25) is 0 Å². The van der Waals surface area contributed by atoms with E-state index in [1.165, 1.54) is 19.3 Å². The van der Waals surface area contributed by atoms with Crippen molar-refractivity contribution in [1.82, 2.24) is 0 Å². The molecule has 0 fully saturated rings. The summed E-state index contributed by atoms with van der Waals surface area (Å²) in [6.07, 6.45) is 4.08. The van der Waals surface area contributed by atoms with E-state index in [1.807, 2.05) is 0 Å². The second-order valence-electron chi connectivity index (χ2n) is 1.35. The summed E-state index contributed by atoms with van der Waals surface area (Å²) in [5, 5.41) is 0. The van der Waals surface area contributed by atoms with Crippen molar-refractivity contribution in [3.63, 3.8) is 0 Å². The molecule has 0 heterocycles. The average molecular weight is 216 g/mol. The van der Waals surface area contributed by atoms with E-state index in [9.17, 15) is 0 Å². The van der Waals surface area contributed by atoms with Gasteiger partial charge >= 0.3 is 0 Å². The van der Waals surface area contributed by atoms with Crippen molar-refractivity contribution in [1.29, 1.82) is 0 Å². The first-order chi connectivity index (χ1) is 2.41. The van der Waals surface area contributed by atoms with Gasteiger partial charge in [0.15, 0.2) is 0 Å². The summed E-state index contributed by atoms with van der Waals surface area (Å²) in [6.45, 7) is 4.42. The Morgan fingerprint density at radius 1 is 1.00 bits per heavy atom. The molecule has 0 aliphatic heterocycles. The molecule has 0 atom stereocenters. The minimum Gasteiger partial charge on any atom is -0.0654 e. The van der Waals surface area contributed by atoms with Crippen LogP contribution in [0.1, 0.15) is 33.1 Å². The number of unbranched alkanes of at least 4 members (excludes halogenated alkanes) is 2. The molecule has 0 aliphatic rings. The van der Waals surface area contributed by atoms with Gasteiger partial charge in [-0.25, -0.2) is 0 Å². The molecule has 0 saturated heterocycles. The smallest absolute Gasteiger partial charge is 0 e. The third kappa shape index (κ3) is 9.02. The Labute approximate surface area is 73.2 Å². The minimum atomic E-state index is 0. The summed E-state index contributed by atoms with van der Waals surface area (Å²) in [5.74, 6) is 0. The van der Waals surface area contributed by atoms with Crippen molar-refractivity contribution < 1.29 is 40.8 Å². The van der Waals surface area contributed by atoms with Gasteiger partial charge in [0, 0.05) is 40.8 Å². The van der Waals surface area contributed by atoms with E-state index in [-0.39, 0.29) is 40.8 Å². The Hall–Kier alpha value is 1.35. The zero-order chi connectivity index (χ0) is 4.12. The molecular weight excluding hydrogens is 204 g/mol. The Balaban J connectivity index is 0. The number of hydrogen-bond donors (Lipinski definition) is 0. The SMILES string of the molecule is CCCCC.[Nd]. The van der Waals surface area contributed by atoms with Gasteiger partial charge in [-0.1, -0.05) is 33.1 Å². The molecular formula is C5H12Nd. The summed E-state index contributed by atoms with van der Waals surface area (Å²) in [7, 11) is 0. The molecule has 0 rings (SSSR count). The third-order valence-electron chi connectivity index (χ3n) is 0.707. The molecule has 0 bridgehead atoms. The van der Waals surface area contributed by atoms with Gasteiger partial charge in [0.05, 0.1) is 0 Å². The maximum Gasteiger partial charge on any atom is 0 e. The summed E-state index contributed by atoms with van der Waals surface area (Å²) < 4.78 is 0. The van der Waals surface area contributed by atoms with Crippen molar-refractivity contribution in [2.45, 2.75) is 33.1 Å². The third-order valence-corrected chi connectivity index (χ3v) is 0.707. The van der Waals surface area contributed by atoms with Gasteiger partial charge in [-0.2, -0.15) is 0 Å².